The van der Waals surface area contributed by atoms with Crippen LogP contribution in [0.1, 0.15) is 19.3 Å². The highest BCUT2D eigenvalue weighted by Gasteiger charge is 2.19. The normalized spacial score (nSPS) is 15.0. The van der Waals surface area contributed by atoms with Crippen molar-refractivity contribution in [1.82, 2.24) is 25.6 Å². The topological polar surface area (TPSA) is 71.8 Å². The first-order chi connectivity index (χ1) is 7.84. The van der Waals surface area contributed by atoms with Gasteiger partial charge in [0.25, 0.3) is 0 Å². The van der Waals surface area contributed by atoms with Crippen LogP contribution in [0.4, 0.5) is 0 Å². The van der Waals surface area contributed by atoms with E-state index in [-0.39, 0.29) is 12.5 Å². The summed E-state index contributed by atoms with van der Waals surface area (Å²) in [5.41, 5.74) is 0. The maximum absolute atomic E-state index is 11.4. The quantitative estimate of drug-likeness (QED) is 0.613. The monoisotopic (exact) mass is 223 g/mol. The van der Waals surface area contributed by atoms with Crippen LogP contribution in [-0.2, 0) is 11.3 Å². The minimum Gasteiger partial charge on any atom is -0.354 e. The largest absolute Gasteiger partial charge is 0.354 e. The molecule has 16 heavy (non-hydrogen) atoms. The molecule has 1 amide bonds. The van der Waals surface area contributed by atoms with Crippen LogP contribution in [0.15, 0.2) is 12.4 Å². The first-order valence-electron chi connectivity index (χ1n) is 5.69. The number of aromatic nitrogens is 3. The molecule has 0 radical (unpaired) electrons. The van der Waals surface area contributed by atoms with E-state index in [9.17, 15) is 4.79 Å². The Balaban J connectivity index is 1.50. The Morgan fingerprint density at radius 3 is 3.00 bits per heavy atom. The van der Waals surface area contributed by atoms with E-state index in [1.165, 1.54) is 17.5 Å². The molecule has 1 saturated carbocycles. The molecule has 0 saturated heterocycles. The van der Waals surface area contributed by atoms with Gasteiger partial charge in [-0.1, -0.05) is 5.21 Å². The van der Waals surface area contributed by atoms with E-state index >= 15 is 0 Å². The zero-order valence-electron chi connectivity index (χ0n) is 9.22. The fourth-order valence-electron chi connectivity index (χ4n) is 1.43. The number of hydrogen-bond donors (Lipinski definition) is 2. The SMILES string of the molecule is O=C(Cn1ccnn1)NCCCNC1CC1. The van der Waals surface area contributed by atoms with E-state index in [2.05, 4.69) is 20.9 Å². The summed E-state index contributed by atoms with van der Waals surface area (Å²) in [6.07, 6.45) is 6.82. The zero-order valence-corrected chi connectivity index (χ0v) is 9.22. The van der Waals surface area contributed by atoms with Crippen LogP contribution < -0.4 is 10.6 Å². The fourth-order valence-corrected chi connectivity index (χ4v) is 1.43. The van der Waals surface area contributed by atoms with Crippen LogP contribution >= 0.6 is 0 Å². The Bertz CT molecular complexity index is 320. The molecule has 6 nitrogen and oxygen atoms in total. The molecule has 1 aromatic heterocycles. The minimum atomic E-state index is -0.0167. The van der Waals surface area contributed by atoms with Crippen LogP contribution in [-0.4, -0.2) is 40.0 Å². The van der Waals surface area contributed by atoms with Gasteiger partial charge in [0.2, 0.25) is 5.91 Å². The van der Waals surface area contributed by atoms with Crippen LogP contribution in [0.25, 0.3) is 0 Å². The molecule has 0 bridgehead atoms. The molecule has 0 aromatic carbocycles. The number of nitrogens with one attached hydrogen (secondary N) is 2. The third-order valence-corrected chi connectivity index (χ3v) is 2.46. The molecule has 88 valence electrons. The molecular formula is C10H17N5O. The summed E-state index contributed by atoms with van der Waals surface area (Å²) in [7, 11) is 0. The molecule has 0 aliphatic heterocycles. The van der Waals surface area contributed by atoms with Gasteiger partial charge >= 0.3 is 0 Å². The van der Waals surface area contributed by atoms with Gasteiger partial charge in [-0.25, -0.2) is 4.68 Å². The highest BCUT2D eigenvalue weighted by molar-refractivity contribution is 5.75. The van der Waals surface area contributed by atoms with Crippen LogP contribution in [0.2, 0.25) is 0 Å². The van der Waals surface area contributed by atoms with Crippen molar-refractivity contribution in [1.29, 1.82) is 0 Å². The molecule has 6 heteroatoms. The summed E-state index contributed by atoms with van der Waals surface area (Å²) in [6, 6.07) is 0.742. The van der Waals surface area contributed by atoms with Gasteiger partial charge in [-0.15, -0.1) is 5.10 Å². The number of rotatable bonds is 7. The Labute approximate surface area is 94.4 Å². The highest BCUT2D eigenvalue weighted by Crippen LogP contribution is 2.18. The molecule has 1 heterocycles. The highest BCUT2D eigenvalue weighted by atomic mass is 16.2. The van der Waals surface area contributed by atoms with Gasteiger partial charge in [-0.3, -0.25) is 4.79 Å². The van der Waals surface area contributed by atoms with E-state index < -0.39 is 0 Å². The number of nitrogens with zero attached hydrogens (tertiary/aromatic N) is 3. The van der Waals surface area contributed by atoms with E-state index in [1.54, 1.807) is 12.4 Å². The molecular weight excluding hydrogens is 206 g/mol. The van der Waals surface area contributed by atoms with Gasteiger partial charge < -0.3 is 10.6 Å². The minimum absolute atomic E-state index is 0.0167. The zero-order chi connectivity index (χ0) is 11.2. The Kier molecular flexibility index (Phi) is 3.87. The molecule has 2 rings (SSSR count). The first-order valence-corrected chi connectivity index (χ1v) is 5.69. The average Bonchev–Trinajstić information content (AvgIpc) is 2.95. The summed E-state index contributed by atoms with van der Waals surface area (Å²) in [5, 5.41) is 13.6. The lowest BCUT2D eigenvalue weighted by atomic mass is 10.4. The summed E-state index contributed by atoms with van der Waals surface area (Å²) in [4.78, 5) is 11.4. The molecule has 0 spiro atoms. The third-order valence-electron chi connectivity index (χ3n) is 2.46. The number of hydrogen-bond acceptors (Lipinski definition) is 4. The second-order valence-electron chi connectivity index (χ2n) is 4.03. The summed E-state index contributed by atoms with van der Waals surface area (Å²) < 4.78 is 1.51. The number of carbonyl (C=O) groups is 1. The lowest BCUT2D eigenvalue weighted by molar-refractivity contribution is -0.121. The Morgan fingerprint density at radius 2 is 2.31 bits per heavy atom. The second-order valence-corrected chi connectivity index (χ2v) is 4.03. The summed E-state index contributed by atoms with van der Waals surface area (Å²) in [6.45, 7) is 1.94. The predicted molar refractivity (Wildman–Crippen MR) is 58.7 cm³/mol. The van der Waals surface area contributed by atoms with Crippen molar-refractivity contribution in [3.05, 3.63) is 12.4 Å². The van der Waals surface area contributed by atoms with Crippen molar-refractivity contribution in [2.75, 3.05) is 13.1 Å². The number of amides is 1. The van der Waals surface area contributed by atoms with Crippen molar-refractivity contribution >= 4 is 5.91 Å². The van der Waals surface area contributed by atoms with Crippen molar-refractivity contribution in [3.8, 4) is 0 Å². The lowest BCUT2D eigenvalue weighted by Gasteiger charge is -2.05. The third kappa shape index (κ3) is 3.98. The maximum atomic E-state index is 11.4. The lowest BCUT2D eigenvalue weighted by Crippen LogP contribution is -2.30. The van der Waals surface area contributed by atoms with Gasteiger partial charge in [0.1, 0.15) is 6.54 Å². The smallest absolute Gasteiger partial charge is 0.241 e. The van der Waals surface area contributed by atoms with Crippen molar-refractivity contribution in [3.63, 3.8) is 0 Å². The molecule has 1 aromatic rings. The molecule has 0 unspecified atom stereocenters. The standard InChI is InChI=1S/C10H17N5O/c16-10(8-15-7-6-13-14-15)12-5-1-4-11-9-2-3-9/h6-7,9,11H,1-5,8H2,(H,12,16). The van der Waals surface area contributed by atoms with Crippen LogP contribution in [0, 0.1) is 0 Å². The Hall–Kier alpha value is -1.43. The van der Waals surface area contributed by atoms with E-state index in [4.69, 9.17) is 0 Å². The number of carbonyl (C=O) groups excluding carboxylic acids is 1. The second kappa shape index (κ2) is 5.60. The predicted octanol–water partition coefficient (Wildman–Crippen LogP) is -0.464. The molecule has 2 N–H and O–H groups in total. The van der Waals surface area contributed by atoms with Gasteiger partial charge in [-0.2, -0.15) is 0 Å². The van der Waals surface area contributed by atoms with Crippen LogP contribution in [0.3, 0.4) is 0 Å². The van der Waals surface area contributed by atoms with Gasteiger partial charge in [-0.05, 0) is 25.8 Å². The maximum Gasteiger partial charge on any atom is 0.241 e. The van der Waals surface area contributed by atoms with Crippen molar-refractivity contribution < 1.29 is 4.79 Å². The van der Waals surface area contributed by atoms with Gasteiger partial charge in [0.05, 0.1) is 6.20 Å². The van der Waals surface area contributed by atoms with Crippen LogP contribution in [0.5, 0.6) is 0 Å². The summed E-state index contributed by atoms with van der Waals surface area (Å²) >= 11 is 0. The molecule has 0 atom stereocenters. The van der Waals surface area contributed by atoms with E-state index in [0.29, 0.717) is 6.54 Å². The van der Waals surface area contributed by atoms with Gasteiger partial charge in [0, 0.05) is 18.8 Å². The van der Waals surface area contributed by atoms with E-state index in [1.807, 2.05) is 0 Å². The fraction of sp³-hybridized carbons (Fsp3) is 0.700. The summed E-state index contributed by atoms with van der Waals surface area (Å²) in [5.74, 6) is -0.0167. The van der Waals surface area contributed by atoms with Crippen molar-refractivity contribution in [2.45, 2.75) is 31.8 Å². The molecule has 1 fully saturated rings. The molecule has 1 aliphatic rings. The Morgan fingerprint density at radius 1 is 1.44 bits per heavy atom. The van der Waals surface area contributed by atoms with Crippen molar-refractivity contribution in [2.24, 2.45) is 0 Å². The molecule has 1 aliphatic carbocycles. The first kappa shape index (κ1) is 11.1. The van der Waals surface area contributed by atoms with E-state index in [0.717, 1.165) is 19.0 Å². The average molecular weight is 223 g/mol. The van der Waals surface area contributed by atoms with Gasteiger partial charge in [0.15, 0.2) is 0 Å².